The Bertz CT molecular complexity index is 1120. The summed E-state index contributed by atoms with van der Waals surface area (Å²) in [6, 6.07) is 14.7. The van der Waals surface area contributed by atoms with Gasteiger partial charge in [0.2, 0.25) is 5.12 Å². The molecule has 1 atom stereocenters. The topological polar surface area (TPSA) is 85.2 Å². The van der Waals surface area contributed by atoms with Crippen LogP contribution in [-0.2, 0) is 21.2 Å². The lowest BCUT2D eigenvalue weighted by atomic mass is 10.1. The van der Waals surface area contributed by atoms with Gasteiger partial charge in [-0.25, -0.2) is 12.4 Å². The second-order valence-corrected chi connectivity index (χ2v) is 8.69. The molecule has 6 nitrogen and oxygen atoms in total. The summed E-state index contributed by atoms with van der Waals surface area (Å²) in [7, 11) is -3.76. The van der Waals surface area contributed by atoms with Gasteiger partial charge in [0.1, 0.15) is 6.04 Å². The molecule has 2 heterocycles. The van der Waals surface area contributed by atoms with E-state index in [4.69, 9.17) is 0 Å². The summed E-state index contributed by atoms with van der Waals surface area (Å²) in [4.78, 5) is 23.5. The highest BCUT2D eigenvalue weighted by Crippen LogP contribution is 2.28. The van der Waals surface area contributed by atoms with Gasteiger partial charge >= 0.3 is 0 Å². The molecule has 1 aromatic heterocycles. The Morgan fingerprint density at radius 3 is 2.38 bits per heavy atom. The molecule has 0 radical (unpaired) electrons. The fourth-order valence-electron chi connectivity index (χ4n) is 3.03. The molecule has 1 unspecified atom stereocenters. The Balaban J connectivity index is 1.82. The highest BCUT2D eigenvalue weighted by atomic mass is 32.2. The molecule has 1 aliphatic rings. The average Bonchev–Trinajstić information content (AvgIpc) is 3.16. The van der Waals surface area contributed by atoms with Crippen molar-refractivity contribution in [2.75, 3.05) is 0 Å². The molecule has 0 aliphatic carbocycles. The van der Waals surface area contributed by atoms with Crippen LogP contribution in [0.1, 0.15) is 5.56 Å². The summed E-state index contributed by atoms with van der Waals surface area (Å²) in [5.41, 5.74) is 1.23. The van der Waals surface area contributed by atoms with Crippen molar-refractivity contribution in [3.05, 3.63) is 66.4 Å². The molecule has 0 bridgehead atoms. The van der Waals surface area contributed by atoms with Gasteiger partial charge in [0.15, 0.2) is 0 Å². The number of fused-ring (bicyclic) bond motifs is 1. The van der Waals surface area contributed by atoms with E-state index in [0.29, 0.717) is 22.8 Å². The van der Waals surface area contributed by atoms with Crippen LogP contribution in [0.4, 0.5) is 4.79 Å². The third-order valence-corrected chi connectivity index (χ3v) is 6.73. The monoisotopic (exact) mass is 386 g/mol. The van der Waals surface area contributed by atoms with Crippen molar-refractivity contribution in [2.45, 2.75) is 17.4 Å². The number of carbonyl (C=O) groups is 2. The second kappa shape index (κ2) is 6.30. The molecule has 4 rings (SSSR count). The van der Waals surface area contributed by atoms with Gasteiger partial charge in [0.05, 0.1) is 10.4 Å². The van der Waals surface area contributed by atoms with E-state index >= 15 is 0 Å². The maximum atomic E-state index is 13.0. The number of aromatic nitrogens is 1. The molecule has 1 N–H and O–H groups in total. The molecule has 1 amide bonds. The van der Waals surface area contributed by atoms with Gasteiger partial charge in [-0.3, -0.25) is 9.59 Å². The molecule has 26 heavy (non-hydrogen) atoms. The fraction of sp³-hybridized carbons (Fsp3) is 0.111. The summed E-state index contributed by atoms with van der Waals surface area (Å²) in [5.74, 6) is 0. The van der Waals surface area contributed by atoms with E-state index in [-0.39, 0.29) is 21.7 Å². The van der Waals surface area contributed by atoms with E-state index in [0.717, 1.165) is 5.39 Å². The maximum absolute atomic E-state index is 13.0. The number of nitrogens with one attached hydrogen (secondary N) is 1. The van der Waals surface area contributed by atoms with Crippen LogP contribution < -0.4 is 5.32 Å². The number of nitrogens with zero attached hydrogens (tertiary/aromatic N) is 1. The zero-order valence-electron chi connectivity index (χ0n) is 13.5. The van der Waals surface area contributed by atoms with Crippen molar-refractivity contribution >= 4 is 43.0 Å². The van der Waals surface area contributed by atoms with E-state index in [1.807, 2.05) is 12.1 Å². The number of para-hydroxylation sites is 1. The molecule has 0 saturated carbocycles. The maximum Gasteiger partial charge on any atom is 0.287 e. The Hall–Kier alpha value is -2.58. The minimum absolute atomic E-state index is 0.188. The quantitative estimate of drug-likeness (QED) is 0.745. The van der Waals surface area contributed by atoms with Crippen molar-refractivity contribution < 1.29 is 18.0 Å². The Kier molecular flexibility index (Phi) is 4.08. The number of amides is 1. The van der Waals surface area contributed by atoms with Crippen LogP contribution in [0.2, 0.25) is 0 Å². The number of hydrogen-bond donors (Lipinski definition) is 1. The normalized spacial score (nSPS) is 17.6. The van der Waals surface area contributed by atoms with Crippen molar-refractivity contribution in [2.24, 2.45) is 0 Å². The summed E-state index contributed by atoms with van der Waals surface area (Å²) in [6.07, 6.45) is 1.78. The molecule has 132 valence electrons. The molecule has 1 saturated heterocycles. The predicted octanol–water partition coefficient (Wildman–Crippen LogP) is 2.77. The van der Waals surface area contributed by atoms with E-state index < -0.39 is 16.1 Å². The lowest BCUT2D eigenvalue weighted by molar-refractivity contribution is -0.112. The van der Waals surface area contributed by atoms with Crippen LogP contribution in [0.15, 0.2) is 65.7 Å². The minimum atomic E-state index is -3.76. The molecule has 0 spiro atoms. The first-order valence-corrected chi connectivity index (χ1v) is 10.1. The lowest BCUT2D eigenvalue weighted by Gasteiger charge is -2.07. The van der Waals surface area contributed by atoms with E-state index in [1.165, 1.54) is 10.2 Å². The molecule has 8 heteroatoms. The first-order chi connectivity index (χ1) is 12.5. The molecular weight excluding hydrogens is 372 g/mol. The first kappa shape index (κ1) is 16.9. The van der Waals surface area contributed by atoms with Crippen LogP contribution >= 0.6 is 11.8 Å². The van der Waals surface area contributed by atoms with Gasteiger partial charge in [-0.2, -0.15) is 0 Å². The first-order valence-electron chi connectivity index (χ1n) is 7.88. The van der Waals surface area contributed by atoms with E-state index in [9.17, 15) is 18.0 Å². The number of hydrogen-bond acceptors (Lipinski definition) is 5. The SMILES string of the molecule is O=C1NC(Cc2cn(S(=O)(=O)c3ccccc3)c3ccccc23)C(=O)S1. The molecular formula is C18H14N2O4S2. The zero-order chi connectivity index (χ0) is 18.3. The standard InChI is InChI=1S/C18H14N2O4S2/c21-17-15(19-18(22)25-17)10-12-11-20(16-9-5-4-8-14(12)16)26(23,24)13-6-2-1-3-7-13/h1-9,11,15H,10H2,(H,19,22). The summed E-state index contributed by atoms with van der Waals surface area (Å²) < 4.78 is 27.3. The van der Waals surface area contributed by atoms with Gasteiger partial charge in [-0.15, -0.1) is 0 Å². The Labute approximate surface area is 154 Å². The molecule has 1 fully saturated rings. The highest BCUT2D eigenvalue weighted by Gasteiger charge is 2.32. The summed E-state index contributed by atoms with van der Waals surface area (Å²) in [5, 5.41) is 2.73. The Morgan fingerprint density at radius 1 is 1.00 bits per heavy atom. The fourth-order valence-corrected chi connectivity index (χ4v) is 5.11. The number of carbonyl (C=O) groups excluding carboxylic acids is 2. The molecule has 2 aromatic carbocycles. The van der Waals surface area contributed by atoms with Gasteiger partial charge < -0.3 is 5.32 Å². The van der Waals surface area contributed by atoms with Gasteiger partial charge in [-0.05, 0) is 23.8 Å². The largest absolute Gasteiger partial charge is 0.335 e. The summed E-state index contributed by atoms with van der Waals surface area (Å²) in [6.45, 7) is 0. The van der Waals surface area contributed by atoms with Crippen molar-refractivity contribution in [1.82, 2.24) is 9.29 Å². The second-order valence-electron chi connectivity index (χ2n) is 5.90. The number of benzene rings is 2. The van der Waals surface area contributed by atoms with Crippen LogP contribution in [0, 0.1) is 0 Å². The van der Waals surface area contributed by atoms with E-state index in [2.05, 4.69) is 5.32 Å². The highest BCUT2D eigenvalue weighted by molar-refractivity contribution is 8.26. The van der Waals surface area contributed by atoms with Gasteiger partial charge in [0.25, 0.3) is 15.3 Å². The predicted molar refractivity (Wildman–Crippen MR) is 99.6 cm³/mol. The van der Waals surface area contributed by atoms with Crippen molar-refractivity contribution in [3.63, 3.8) is 0 Å². The number of thioether (sulfide) groups is 1. The third-order valence-electron chi connectivity index (χ3n) is 4.25. The van der Waals surface area contributed by atoms with Gasteiger partial charge in [0, 0.05) is 29.8 Å². The van der Waals surface area contributed by atoms with Crippen molar-refractivity contribution in [1.29, 1.82) is 0 Å². The molecule has 3 aromatic rings. The smallest absolute Gasteiger partial charge is 0.287 e. The lowest BCUT2D eigenvalue weighted by Crippen LogP contribution is -2.30. The van der Waals surface area contributed by atoms with Crippen molar-refractivity contribution in [3.8, 4) is 0 Å². The van der Waals surface area contributed by atoms with Crippen LogP contribution in [0.25, 0.3) is 10.9 Å². The van der Waals surface area contributed by atoms with E-state index in [1.54, 1.807) is 42.5 Å². The van der Waals surface area contributed by atoms with Crippen LogP contribution in [0.3, 0.4) is 0 Å². The van der Waals surface area contributed by atoms with Gasteiger partial charge in [-0.1, -0.05) is 36.4 Å². The minimum Gasteiger partial charge on any atom is -0.335 e. The average molecular weight is 386 g/mol. The third kappa shape index (κ3) is 2.81. The number of rotatable bonds is 4. The molecule has 1 aliphatic heterocycles. The zero-order valence-corrected chi connectivity index (χ0v) is 15.1. The summed E-state index contributed by atoms with van der Waals surface area (Å²) >= 11 is 0.648. The Morgan fingerprint density at radius 2 is 1.69 bits per heavy atom. The van der Waals surface area contributed by atoms with Crippen LogP contribution in [0.5, 0.6) is 0 Å². The van der Waals surface area contributed by atoms with Crippen LogP contribution in [-0.4, -0.2) is 28.8 Å².